The largest absolute Gasteiger partial charge is 0.478 e. The summed E-state index contributed by atoms with van der Waals surface area (Å²) in [5.41, 5.74) is 3.50. The zero-order valence-corrected chi connectivity index (χ0v) is 11.2. The molecule has 2 aromatic rings. The van der Waals surface area contributed by atoms with E-state index in [0.29, 0.717) is 5.56 Å². The maximum atomic E-state index is 10.9. The Kier molecular flexibility index (Phi) is 4.02. The number of carboxylic acids is 1. The van der Waals surface area contributed by atoms with Gasteiger partial charge in [0.05, 0.1) is 5.56 Å². The number of benzene rings is 1. The fourth-order valence-electron chi connectivity index (χ4n) is 2.09. The van der Waals surface area contributed by atoms with E-state index in [1.807, 2.05) is 36.9 Å². The summed E-state index contributed by atoms with van der Waals surface area (Å²) in [6, 6.07) is 7.51. The fourth-order valence-corrected chi connectivity index (χ4v) is 2.09. The number of hydrogen-bond acceptors (Lipinski definition) is 2. The molecule has 1 aromatic carbocycles. The third-order valence-corrected chi connectivity index (χ3v) is 3.07. The maximum absolute atomic E-state index is 10.9. The number of carboxylic acid groups (broad SMARTS) is 1. The van der Waals surface area contributed by atoms with Crippen LogP contribution in [0.3, 0.4) is 0 Å². The minimum Gasteiger partial charge on any atom is -0.478 e. The molecule has 1 heterocycles. The second-order valence-corrected chi connectivity index (χ2v) is 4.74. The third-order valence-electron chi connectivity index (χ3n) is 3.07. The van der Waals surface area contributed by atoms with Crippen molar-refractivity contribution in [3.63, 3.8) is 0 Å². The fraction of sp³-hybridized carbons (Fsp3) is 0.267. The van der Waals surface area contributed by atoms with Gasteiger partial charge in [0.1, 0.15) is 0 Å². The van der Waals surface area contributed by atoms with Crippen molar-refractivity contribution in [2.45, 2.75) is 20.0 Å². The average molecular weight is 258 g/mol. The van der Waals surface area contributed by atoms with Crippen LogP contribution in [0.2, 0.25) is 0 Å². The lowest BCUT2D eigenvalue weighted by atomic mass is 10.1. The number of aromatic nitrogens is 1. The van der Waals surface area contributed by atoms with Gasteiger partial charge in [0.2, 0.25) is 0 Å². The Hall–Kier alpha value is -2.07. The summed E-state index contributed by atoms with van der Waals surface area (Å²) in [4.78, 5) is 10.9. The number of hydrogen-bond donors (Lipinski definition) is 2. The van der Waals surface area contributed by atoms with E-state index in [4.69, 9.17) is 5.11 Å². The first kappa shape index (κ1) is 13.4. The molecular weight excluding hydrogens is 240 g/mol. The van der Waals surface area contributed by atoms with Crippen LogP contribution in [0, 0.1) is 6.92 Å². The molecule has 0 bridgehead atoms. The molecule has 0 unspecified atom stereocenters. The Morgan fingerprint density at radius 3 is 2.58 bits per heavy atom. The summed E-state index contributed by atoms with van der Waals surface area (Å²) in [7, 11) is 2.00. The van der Waals surface area contributed by atoms with Crippen LogP contribution in [0.1, 0.15) is 27.0 Å². The van der Waals surface area contributed by atoms with E-state index in [1.54, 1.807) is 6.07 Å². The summed E-state index contributed by atoms with van der Waals surface area (Å²) in [6.45, 7) is 3.36. The van der Waals surface area contributed by atoms with Crippen molar-refractivity contribution >= 4 is 5.97 Å². The van der Waals surface area contributed by atoms with E-state index in [2.05, 4.69) is 17.6 Å². The molecule has 0 saturated heterocycles. The minimum absolute atomic E-state index is 0.367. The smallest absolute Gasteiger partial charge is 0.335 e. The van der Waals surface area contributed by atoms with Gasteiger partial charge in [-0.2, -0.15) is 0 Å². The molecule has 0 aliphatic heterocycles. The van der Waals surface area contributed by atoms with Gasteiger partial charge in [0.15, 0.2) is 0 Å². The zero-order chi connectivity index (χ0) is 13.8. The number of aryl methyl sites for hydroxylation is 2. The number of rotatable bonds is 5. The molecule has 1 aromatic heterocycles. The van der Waals surface area contributed by atoms with Crippen LogP contribution in [-0.2, 0) is 20.1 Å². The summed E-state index contributed by atoms with van der Waals surface area (Å²) in [6.07, 6.45) is 4.09. The quantitative estimate of drug-likeness (QED) is 0.865. The predicted octanol–water partition coefficient (Wildman–Crippen LogP) is 2.32. The second kappa shape index (κ2) is 5.71. The van der Waals surface area contributed by atoms with Gasteiger partial charge in [-0.25, -0.2) is 4.79 Å². The predicted molar refractivity (Wildman–Crippen MR) is 74.1 cm³/mol. The SMILES string of the molecule is Cc1cc(CNCc2ccn(C)c2)ccc1C(=O)O. The normalized spacial score (nSPS) is 10.6. The van der Waals surface area contributed by atoms with E-state index < -0.39 is 5.97 Å². The first-order valence-electron chi connectivity index (χ1n) is 6.20. The van der Waals surface area contributed by atoms with Crippen LogP contribution in [0.4, 0.5) is 0 Å². The van der Waals surface area contributed by atoms with Gasteiger partial charge in [-0.3, -0.25) is 0 Å². The Bertz CT molecular complexity index is 588. The van der Waals surface area contributed by atoms with Crippen molar-refractivity contribution in [3.05, 3.63) is 58.9 Å². The lowest BCUT2D eigenvalue weighted by Crippen LogP contribution is -2.12. The van der Waals surface area contributed by atoms with Crippen molar-refractivity contribution in [2.24, 2.45) is 7.05 Å². The Morgan fingerprint density at radius 1 is 1.26 bits per heavy atom. The monoisotopic (exact) mass is 258 g/mol. The van der Waals surface area contributed by atoms with E-state index in [0.717, 1.165) is 24.2 Å². The number of nitrogens with one attached hydrogen (secondary N) is 1. The van der Waals surface area contributed by atoms with Gasteiger partial charge in [-0.15, -0.1) is 0 Å². The van der Waals surface area contributed by atoms with Gasteiger partial charge < -0.3 is 15.0 Å². The van der Waals surface area contributed by atoms with E-state index in [9.17, 15) is 4.79 Å². The van der Waals surface area contributed by atoms with Crippen LogP contribution in [0.15, 0.2) is 36.7 Å². The highest BCUT2D eigenvalue weighted by atomic mass is 16.4. The molecule has 0 saturated carbocycles. The van der Waals surface area contributed by atoms with Gasteiger partial charge >= 0.3 is 5.97 Å². The molecule has 0 fully saturated rings. The van der Waals surface area contributed by atoms with Crippen molar-refractivity contribution in [3.8, 4) is 0 Å². The molecule has 2 rings (SSSR count). The minimum atomic E-state index is -0.874. The first-order valence-corrected chi connectivity index (χ1v) is 6.20. The van der Waals surface area contributed by atoms with E-state index in [1.165, 1.54) is 5.56 Å². The van der Waals surface area contributed by atoms with Crippen molar-refractivity contribution < 1.29 is 9.90 Å². The highest BCUT2D eigenvalue weighted by Crippen LogP contribution is 2.11. The molecule has 19 heavy (non-hydrogen) atoms. The summed E-state index contributed by atoms with van der Waals surface area (Å²) in [5.74, 6) is -0.874. The molecule has 4 heteroatoms. The summed E-state index contributed by atoms with van der Waals surface area (Å²) < 4.78 is 2.02. The van der Waals surface area contributed by atoms with Crippen LogP contribution in [0.5, 0.6) is 0 Å². The molecule has 0 spiro atoms. The molecule has 0 atom stereocenters. The van der Waals surface area contributed by atoms with Gasteiger partial charge in [0.25, 0.3) is 0 Å². The molecule has 2 N–H and O–H groups in total. The molecule has 100 valence electrons. The highest BCUT2D eigenvalue weighted by Gasteiger charge is 2.06. The number of nitrogens with zero attached hydrogens (tertiary/aromatic N) is 1. The molecule has 0 radical (unpaired) electrons. The van der Waals surface area contributed by atoms with Crippen molar-refractivity contribution in [2.75, 3.05) is 0 Å². The van der Waals surface area contributed by atoms with Crippen LogP contribution >= 0.6 is 0 Å². The molecule has 0 amide bonds. The Labute approximate surface area is 112 Å². The van der Waals surface area contributed by atoms with E-state index in [-0.39, 0.29) is 0 Å². The summed E-state index contributed by atoms with van der Waals surface area (Å²) in [5, 5.41) is 12.3. The standard InChI is InChI=1S/C15H18N2O2/c1-11-7-12(3-4-14(11)15(18)19)8-16-9-13-5-6-17(2)10-13/h3-7,10,16H,8-9H2,1-2H3,(H,18,19). The lowest BCUT2D eigenvalue weighted by molar-refractivity contribution is 0.0696. The topological polar surface area (TPSA) is 54.3 Å². The van der Waals surface area contributed by atoms with Crippen LogP contribution in [0.25, 0.3) is 0 Å². The second-order valence-electron chi connectivity index (χ2n) is 4.74. The molecule has 4 nitrogen and oxygen atoms in total. The van der Waals surface area contributed by atoms with Crippen LogP contribution < -0.4 is 5.32 Å². The molecule has 0 aliphatic carbocycles. The number of aromatic carboxylic acids is 1. The third kappa shape index (κ3) is 3.45. The Balaban J connectivity index is 1.93. The van der Waals surface area contributed by atoms with E-state index >= 15 is 0 Å². The molecular formula is C15H18N2O2. The summed E-state index contributed by atoms with van der Waals surface area (Å²) >= 11 is 0. The average Bonchev–Trinajstić information content (AvgIpc) is 2.75. The van der Waals surface area contributed by atoms with Gasteiger partial charge in [0, 0.05) is 32.5 Å². The first-order chi connectivity index (χ1) is 9.06. The van der Waals surface area contributed by atoms with Crippen molar-refractivity contribution in [1.29, 1.82) is 0 Å². The zero-order valence-electron chi connectivity index (χ0n) is 11.2. The highest BCUT2D eigenvalue weighted by molar-refractivity contribution is 5.89. The number of carbonyl (C=O) groups is 1. The molecule has 0 aliphatic rings. The van der Waals surface area contributed by atoms with Crippen LogP contribution in [-0.4, -0.2) is 15.6 Å². The van der Waals surface area contributed by atoms with Gasteiger partial charge in [-0.1, -0.05) is 12.1 Å². The Morgan fingerprint density at radius 2 is 2.00 bits per heavy atom. The lowest BCUT2D eigenvalue weighted by Gasteiger charge is -2.07. The van der Waals surface area contributed by atoms with Gasteiger partial charge in [-0.05, 0) is 35.7 Å². The maximum Gasteiger partial charge on any atom is 0.335 e. The van der Waals surface area contributed by atoms with Crippen molar-refractivity contribution in [1.82, 2.24) is 9.88 Å².